The second-order valence-electron chi connectivity index (χ2n) is 6.49. The standard InChI is InChI=1S/C18H33N5S.HI/c1-6-16-15(17(7-2)23(4)22-16)12-20-18(19-3)21-13-9-8-10-14(11-13)24-5;/h13-14H,6-12H2,1-5H3,(H2,19,20,21);1H. The number of thioether (sulfide) groups is 1. The molecule has 5 nitrogen and oxygen atoms in total. The van der Waals surface area contributed by atoms with E-state index in [-0.39, 0.29) is 24.0 Å². The van der Waals surface area contributed by atoms with Crippen LogP contribution in [0.5, 0.6) is 0 Å². The molecule has 1 aromatic rings. The third-order valence-electron chi connectivity index (χ3n) is 4.98. The van der Waals surface area contributed by atoms with Gasteiger partial charge in [-0.2, -0.15) is 16.9 Å². The molecule has 144 valence electrons. The van der Waals surface area contributed by atoms with E-state index in [1.807, 2.05) is 30.5 Å². The van der Waals surface area contributed by atoms with Crippen molar-refractivity contribution < 1.29 is 0 Å². The first-order chi connectivity index (χ1) is 11.6. The lowest BCUT2D eigenvalue weighted by atomic mass is 9.95. The zero-order chi connectivity index (χ0) is 17.5. The van der Waals surface area contributed by atoms with Gasteiger partial charge in [-0.25, -0.2) is 0 Å². The Kier molecular flexibility index (Phi) is 10.2. The monoisotopic (exact) mass is 479 g/mol. The summed E-state index contributed by atoms with van der Waals surface area (Å²) in [7, 11) is 3.90. The summed E-state index contributed by atoms with van der Waals surface area (Å²) in [6.07, 6.45) is 9.32. The molecule has 1 aliphatic carbocycles. The van der Waals surface area contributed by atoms with Gasteiger partial charge in [-0.15, -0.1) is 24.0 Å². The van der Waals surface area contributed by atoms with Gasteiger partial charge in [0.15, 0.2) is 5.96 Å². The Morgan fingerprint density at radius 1 is 1.32 bits per heavy atom. The van der Waals surface area contributed by atoms with Crippen LogP contribution in [0.4, 0.5) is 0 Å². The molecule has 2 atom stereocenters. The third kappa shape index (κ3) is 6.05. The van der Waals surface area contributed by atoms with Gasteiger partial charge in [-0.3, -0.25) is 9.67 Å². The predicted molar refractivity (Wildman–Crippen MR) is 120 cm³/mol. The van der Waals surface area contributed by atoms with E-state index in [9.17, 15) is 0 Å². The third-order valence-corrected chi connectivity index (χ3v) is 6.08. The SMILES string of the molecule is CCc1nn(C)c(CC)c1CNC(=NC)NC1CCCC(SC)C1.I. The number of aromatic nitrogens is 2. The van der Waals surface area contributed by atoms with Crippen molar-refractivity contribution in [2.45, 2.75) is 70.2 Å². The van der Waals surface area contributed by atoms with Gasteiger partial charge < -0.3 is 10.6 Å². The Bertz CT molecular complexity index is 558. The zero-order valence-electron chi connectivity index (χ0n) is 16.3. The highest BCUT2D eigenvalue weighted by atomic mass is 127. The fourth-order valence-corrected chi connectivity index (χ4v) is 4.47. The highest BCUT2D eigenvalue weighted by Gasteiger charge is 2.22. The topological polar surface area (TPSA) is 54.2 Å². The Hall–Kier alpha value is -0.440. The lowest BCUT2D eigenvalue weighted by molar-refractivity contribution is 0.419. The smallest absolute Gasteiger partial charge is 0.191 e. The Morgan fingerprint density at radius 3 is 2.68 bits per heavy atom. The number of guanidine groups is 1. The van der Waals surface area contributed by atoms with Crippen LogP contribution >= 0.6 is 35.7 Å². The molecule has 1 fully saturated rings. The van der Waals surface area contributed by atoms with Crippen LogP contribution in [0, 0.1) is 0 Å². The molecule has 0 radical (unpaired) electrons. The van der Waals surface area contributed by atoms with Gasteiger partial charge in [-0.05, 0) is 38.4 Å². The van der Waals surface area contributed by atoms with Crippen molar-refractivity contribution in [3.63, 3.8) is 0 Å². The highest BCUT2D eigenvalue weighted by Crippen LogP contribution is 2.26. The molecule has 1 saturated carbocycles. The fraction of sp³-hybridized carbons (Fsp3) is 0.778. The first kappa shape index (κ1) is 22.6. The molecule has 1 aromatic heterocycles. The van der Waals surface area contributed by atoms with Crippen LogP contribution in [0.15, 0.2) is 4.99 Å². The summed E-state index contributed by atoms with van der Waals surface area (Å²) >= 11 is 2.00. The van der Waals surface area contributed by atoms with Gasteiger partial charge in [-0.1, -0.05) is 20.3 Å². The molecule has 0 amide bonds. The Morgan fingerprint density at radius 2 is 2.08 bits per heavy atom. The fourth-order valence-electron chi connectivity index (χ4n) is 3.64. The molecule has 0 saturated heterocycles. The van der Waals surface area contributed by atoms with Crippen molar-refractivity contribution in [1.82, 2.24) is 20.4 Å². The minimum atomic E-state index is 0. The van der Waals surface area contributed by atoms with E-state index >= 15 is 0 Å². The number of hydrogen-bond donors (Lipinski definition) is 2. The van der Waals surface area contributed by atoms with Gasteiger partial charge >= 0.3 is 0 Å². The molecule has 0 aliphatic heterocycles. The number of nitrogens with one attached hydrogen (secondary N) is 2. The summed E-state index contributed by atoms with van der Waals surface area (Å²) in [6, 6.07) is 0.535. The summed E-state index contributed by atoms with van der Waals surface area (Å²) < 4.78 is 2.02. The van der Waals surface area contributed by atoms with Crippen LogP contribution in [0.2, 0.25) is 0 Å². The van der Waals surface area contributed by atoms with Crippen molar-refractivity contribution in [2.24, 2.45) is 12.0 Å². The molecule has 2 rings (SSSR count). The molecular weight excluding hydrogens is 445 g/mol. The normalized spacial score (nSPS) is 20.9. The number of aliphatic imine (C=N–C) groups is 1. The zero-order valence-corrected chi connectivity index (χ0v) is 19.4. The Labute approximate surface area is 174 Å². The van der Waals surface area contributed by atoms with E-state index in [1.165, 1.54) is 42.6 Å². The lowest BCUT2D eigenvalue weighted by Gasteiger charge is -2.29. The van der Waals surface area contributed by atoms with Crippen LogP contribution < -0.4 is 10.6 Å². The molecule has 2 unspecified atom stereocenters. The van der Waals surface area contributed by atoms with Gasteiger partial charge in [0.05, 0.1) is 5.69 Å². The van der Waals surface area contributed by atoms with Crippen LogP contribution in [0.25, 0.3) is 0 Å². The molecule has 1 aliphatic rings. The number of rotatable bonds is 6. The van der Waals surface area contributed by atoms with Crippen LogP contribution in [-0.4, -0.2) is 40.3 Å². The first-order valence-corrected chi connectivity index (χ1v) is 10.4. The van der Waals surface area contributed by atoms with Crippen molar-refractivity contribution in [3.05, 3.63) is 17.0 Å². The summed E-state index contributed by atoms with van der Waals surface area (Å²) in [5.74, 6) is 0.912. The number of aryl methyl sites for hydroxylation is 2. The predicted octanol–water partition coefficient (Wildman–Crippen LogP) is 3.50. The average molecular weight is 479 g/mol. The van der Waals surface area contributed by atoms with E-state index < -0.39 is 0 Å². The summed E-state index contributed by atoms with van der Waals surface area (Å²) in [4.78, 5) is 4.43. The number of hydrogen-bond acceptors (Lipinski definition) is 3. The minimum Gasteiger partial charge on any atom is -0.354 e. The molecule has 1 heterocycles. The molecular formula is C18H34IN5S. The van der Waals surface area contributed by atoms with Gasteiger partial charge in [0.1, 0.15) is 0 Å². The minimum absolute atomic E-state index is 0. The van der Waals surface area contributed by atoms with E-state index in [0.717, 1.165) is 30.6 Å². The summed E-state index contributed by atoms with van der Waals surface area (Å²) in [6.45, 7) is 5.15. The van der Waals surface area contributed by atoms with E-state index in [4.69, 9.17) is 0 Å². The van der Waals surface area contributed by atoms with Crippen LogP contribution in [-0.2, 0) is 26.4 Å². The molecule has 7 heteroatoms. The maximum Gasteiger partial charge on any atom is 0.191 e. The van der Waals surface area contributed by atoms with Crippen molar-refractivity contribution in [3.8, 4) is 0 Å². The number of halogens is 1. The molecule has 2 N–H and O–H groups in total. The number of nitrogens with zero attached hydrogens (tertiary/aromatic N) is 3. The van der Waals surface area contributed by atoms with Crippen LogP contribution in [0.3, 0.4) is 0 Å². The van der Waals surface area contributed by atoms with Crippen molar-refractivity contribution >= 4 is 41.7 Å². The largest absolute Gasteiger partial charge is 0.354 e. The van der Waals surface area contributed by atoms with Gasteiger partial charge in [0.2, 0.25) is 0 Å². The molecule has 0 aromatic carbocycles. The molecule has 0 bridgehead atoms. The Balaban J connectivity index is 0.00000312. The van der Waals surface area contributed by atoms with E-state index in [0.29, 0.717) is 6.04 Å². The summed E-state index contributed by atoms with van der Waals surface area (Å²) in [5.41, 5.74) is 3.84. The van der Waals surface area contributed by atoms with E-state index in [2.05, 4.69) is 40.8 Å². The molecule has 25 heavy (non-hydrogen) atoms. The first-order valence-electron chi connectivity index (χ1n) is 9.16. The average Bonchev–Trinajstić information content (AvgIpc) is 2.93. The van der Waals surface area contributed by atoms with Crippen LogP contribution in [0.1, 0.15) is 56.5 Å². The second-order valence-corrected chi connectivity index (χ2v) is 7.63. The van der Waals surface area contributed by atoms with E-state index in [1.54, 1.807) is 0 Å². The second kappa shape index (κ2) is 11.3. The quantitative estimate of drug-likeness (QED) is 0.373. The van der Waals surface area contributed by atoms with Crippen molar-refractivity contribution in [2.75, 3.05) is 13.3 Å². The maximum absolute atomic E-state index is 4.65. The molecule has 0 spiro atoms. The van der Waals surface area contributed by atoms with Gasteiger partial charge in [0, 0.05) is 43.2 Å². The highest BCUT2D eigenvalue weighted by molar-refractivity contribution is 14.0. The maximum atomic E-state index is 4.65. The summed E-state index contributed by atoms with van der Waals surface area (Å²) in [5, 5.41) is 12.6. The van der Waals surface area contributed by atoms with Gasteiger partial charge in [0.25, 0.3) is 0 Å². The lowest BCUT2D eigenvalue weighted by Crippen LogP contribution is -2.45. The van der Waals surface area contributed by atoms with Crippen molar-refractivity contribution in [1.29, 1.82) is 0 Å².